The molecule has 0 aliphatic rings. The minimum absolute atomic E-state index is 0.308. The summed E-state index contributed by atoms with van der Waals surface area (Å²) >= 11 is 2.83. The predicted molar refractivity (Wildman–Crippen MR) is 49.7 cm³/mol. The van der Waals surface area contributed by atoms with Gasteiger partial charge in [-0.15, -0.1) is 0 Å². The minimum atomic E-state index is -0.308. The first-order chi connectivity index (χ1) is 6.33. The smallest absolute Gasteiger partial charge is 0.296 e. The van der Waals surface area contributed by atoms with Crippen molar-refractivity contribution < 1.29 is 4.79 Å². The number of carbonyl (C=O) groups excluding carboxylic acids is 1. The van der Waals surface area contributed by atoms with Gasteiger partial charge in [-0.05, 0) is 4.83 Å². The molecule has 1 aromatic heterocycles. The van der Waals surface area contributed by atoms with Crippen LogP contribution in [0.1, 0.15) is 0 Å². The maximum Gasteiger partial charge on any atom is 0.296 e. The van der Waals surface area contributed by atoms with Crippen molar-refractivity contribution in [3.8, 4) is 10.8 Å². The highest BCUT2D eigenvalue weighted by atomic mass is 79.9. The Morgan fingerprint density at radius 3 is 3.15 bits per heavy atom. The van der Waals surface area contributed by atoms with Crippen molar-refractivity contribution in [2.24, 2.45) is 0 Å². The van der Waals surface area contributed by atoms with Crippen LogP contribution in [0.5, 0.6) is 0 Å². The topological polar surface area (TPSA) is 59.8 Å². The lowest BCUT2D eigenvalue weighted by atomic mass is 10.5. The van der Waals surface area contributed by atoms with Gasteiger partial charge in [-0.25, -0.2) is 4.98 Å². The minimum Gasteiger partial charge on any atom is -0.343 e. The fourth-order valence-electron chi connectivity index (χ4n) is 0.719. The van der Waals surface area contributed by atoms with Crippen LogP contribution in [-0.2, 0) is 11.3 Å². The normalized spacial score (nSPS) is 8.69. The third-order valence-corrected chi connectivity index (χ3v) is 1.45. The molecule has 0 saturated heterocycles. The maximum absolute atomic E-state index is 10.8. The lowest BCUT2D eigenvalue weighted by Gasteiger charge is -1.99. The van der Waals surface area contributed by atoms with Gasteiger partial charge in [0.1, 0.15) is 12.7 Å². The van der Waals surface area contributed by atoms with Crippen LogP contribution in [-0.4, -0.2) is 27.2 Å². The molecule has 0 aromatic carbocycles. The molecule has 1 amide bonds. The molecule has 1 rings (SSSR count). The van der Waals surface area contributed by atoms with Crippen molar-refractivity contribution in [3.63, 3.8) is 0 Å². The molecular formula is C7H7BrN4O. The molecule has 68 valence electrons. The van der Waals surface area contributed by atoms with Gasteiger partial charge in [-0.2, -0.15) is 5.10 Å². The fraction of sp³-hybridized carbons (Fsp3) is 0.286. The van der Waals surface area contributed by atoms with Crippen molar-refractivity contribution >= 4 is 21.8 Å². The molecule has 1 N–H and O–H groups in total. The Kier molecular flexibility index (Phi) is 3.99. The van der Waals surface area contributed by atoms with E-state index in [1.807, 2.05) is 0 Å². The number of hydrogen-bond acceptors (Lipinski definition) is 3. The molecule has 6 heteroatoms. The molecule has 1 heterocycles. The molecule has 0 atom stereocenters. The summed E-state index contributed by atoms with van der Waals surface area (Å²) in [5.41, 5.74) is 0. The molecule has 0 aliphatic heterocycles. The van der Waals surface area contributed by atoms with Gasteiger partial charge in [-0.3, -0.25) is 9.48 Å². The van der Waals surface area contributed by atoms with Gasteiger partial charge in [0.05, 0.1) is 6.54 Å². The lowest BCUT2D eigenvalue weighted by Crippen LogP contribution is -2.25. The summed E-state index contributed by atoms with van der Waals surface area (Å²) in [5, 5.41) is 6.46. The molecule has 5 nitrogen and oxygen atoms in total. The number of aromatic nitrogens is 3. The lowest BCUT2D eigenvalue weighted by molar-refractivity contribution is -0.115. The maximum atomic E-state index is 10.8. The van der Waals surface area contributed by atoms with Crippen LogP contribution in [0.3, 0.4) is 0 Å². The van der Waals surface area contributed by atoms with Gasteiger partial charge in [0.25, 0.3) is 5.91 Å². The Morgan fingerprint density at radius 1 is 1.69 bits per heavy atom. The van der Waals surface area contributed by atoms with Crippen LogP contribution in [0, 0.1) is 10.8 Å². The summed E-state index contributed by atoms with van der Waals surface area (Å²) in [6, 6.07) is 0. The van der Waals surface area contributed by atoms with Crippen LogP contribution in [0.4, 0.5) is 0 Å². The largest absolute Gasteiger partial charge is 0.343 e. The van der Waals surface area contributed by atoms with E-state index < -0.39 is 0 Å². The first-order valence-corrected chi connectivity index (χ1v) is 4.34. The van der Waals surface area contributed by atoms with E-state index >= 15 is 0 Å². The summed E-state index contributed by atoms with van der Waals surface area (Å²) in [4.78, 5) is 16.9. The zero-order chi connectivity index (χ0) is 9.52. The Bertz CT molecular complexity index is 324. The molecular weight excluding hydrogens is 236 g/mol. The molecule has 0 aliphatic carbocycles. The van der Waals surface area contributed by atoms with E-state index in [9.17, 15) is 4.79 Å². The molecule has 0 bridgehead atoms. The van der Waals surface area contributed by atoms with E-state index in [1.54, 1.807) is 11.0 Å². The molecule has 0 radical (unpaired) electrons. The van der Waals surface area contributed by atoms with Crippen molar-refractivity contribution in [1.29, 1.82) is 0 Å². The molecule has 1 aromatic rings. The predicted octanol–water partition coefficient (Wildman–Crippen LogP) is -0.250. The molecule has 0 fully saturated rings. The van der Waals surface area contributed by atoms with Crippen LogP contribution >= 0.6 is 15.9 Å². The molecule has 0 spiro atoms. The van der Waals surface area contributed by atoms with Crippen LogP contribution in [0.25, 0.3) is 0 Å². The van der Waals surface area contributed by atoms with E-state index in [2.05, 4.69) is 42.1 Å². The van der Waals surface area contributed by atoms with Crippen molar-refractivity contribution in [1.82, 2.24) is 20.1 Å². The number of hydrogen-bond donors (Lipinski definition) is 1. The van der Waals surface area contributed by atoms with Crippen LogP contribution in [0.2, 0.25) is 0 Å². The average Bonchev–Trinajstić information content (AvgIpc) is 2.57. The SMILES string of the molecule is O=C(C#CBr)NCCn1cncn1. The fourth-order valence-corrected chi connectivity index (χ4v) is 0.899. The van der Waals surface area contributed by atoms with E-state index in [4.69, 9.17) is 0 Å². The number of halogens is 1. The molecule has 0 saturated carbocycles. The highest BCUT2D eigenvalue weighted by Crippen LogP contribution is 1.78. The number of amides is 1. The van der Waals surface area contributed by atoms with E-state index in [-0.39, 0.29) is 5.91 Å². The zero-order valence-electron chi connectivity index (χ0n) is 6.70. The van der Waals surface area contributed by atoms with Crippen molar-refractivity contribution in [3.05, 3.63) is 12.7 Å². The second-order valence-electron chi connectivity index (χ2n) is 2.13. The van der Waals surface area contributed by atoms with E-state index in [0.29, 0.717) is 13.1 Å². The summed E-state index contributed by atoms with van der Waals surface area (Å²) in [6.07, 6.45) is 3.03. The van der Waals surface area contributed by atoms with Gasteiger partial charge >= 0.3 is 0 Å². The van der Waals surface area contributed by atoms with Crippen molar-refractivity contribution in [2.45, 2.75) is 6.54 Å². The second kappa shape index (κ2) is 5.32. The highest BCUT2D eigenvalue weighted by molar-refractivity contribution is 9.12. The standard InChI is InChI=1S/C7H7BrN4O/c8-2-1-7(13)10-3-4-12-6-9-5-11-12/h5-6H,3-4H2,(H,10,13). The highest BCUT2D eigenvalue weighted by Gasteiger charge is 1.94. The van der Waals surface area contributed by atoms with Gasteiger partial charge < -0.3 is 5.32 Å². The molecule has 13 heavy (non-hydrogen) atoms. The first kappa shape index (κ1) is 9.74. The molecule has 0 unspecified atom stereocenters. The number of nitrogens with zero attached hydrogens (tertiary/aromatic N) is 3. The summed E-state index contributed by atoms with van der Waals surface area (Å²) in [6.45, 7) is 1.08. The monoisotopic (exact) mass is 242 g/mol. The Balaban J connectivity index is 2.20. The Morgan fingerprint density at radius 2 is 2.54 bits per heavy atom. The summed E-state index contributed by atoms with van der Waals surface area (Å²) in [5.74, 6) is 1.99. The van der Waals surface area contributed by atoms with E-state index in [0.717, 1.165) is 0 Å². The quantitative estimate of drug-likeness (QED) is 0.744. The van der Waals surface area contributed by atoms with Crippen LogP contribution < -0.4 is 5.32 Å². The average molecular weight is 243 g/mol. The van der Waals surface area contributed by atoms with E-state index in [1.165, 1.54) is 6.33 Å². The number of carbonyl (C=O) groups is 1. The van der Waals surface area contributed by atoms with Gasteiger partial charge in [0, 0.05) is 28.4 Å². The Hall–Kier alpha value is -1.35. The second-order valence-corrected chi connectivity index (χ2v) is 2.53. The number of rotatable bonds is 3. The van der Waals surface area contributed by atoms with Crippen LogP contribution in [0.15, 0.2) is 12.7 Å². The van der Waals surface area contributed by atoms with Gasteiger partial charge in [0.15, 0.2) is 0 Å². The summed E-state index contributed by atoms with van der Waals surface area (Å²) < 4.78 is 1.63. The Labute approximate surface area is 83.7 Å². The third kappa shape index (κ3) is 3.71. The van der Waals surface area contributed by atoms with Gasteiger partial charge in [0.2, 0.25) is 0 Å². The number of nitrogens with one attached hydrogen (secondary N) is 1. The van der Waals surface area contributed by atoms with Crippen molar-refractivity contribution in [2.75, 3.05) is 6.54 Å². The first-order valence-electron chi connectivity index (χ1n) is 3.55. The van der Waals surface area contributed by atoms with Gasteiger partial charge in [-0.1, -0.05) is 0 Å². The third-order valence-electron chi connectivity index (χ3n) is 1.25. The zero-order valence-corrected chi connectivity index (χ0v) is 8.28. The summed E-state index contributed by atoms with van der Waals surface area (Å²) in [7, 11) is 0.